The number of benzene rings is 11. The second kappa shape index (κ2) is 50.2. The van der Waals surface area contributed by atoms with Gasteiger partial charge in [-0.05, 0) is 175 Å². The predicted octanol–water partition coefficient (Wildman–Crippen LogP) is 30.0. The van der Waals surface area contributed by atoms with Gasteiger partial charge in [0, 0.05) is 27.5 Å². The van der Waals surface area contributed by atoms with Crippen LogP contribution in [-0.4, -0.2) is 44.4 Å². The van der Waals surface area contributed by atoms with Gasteiger partial charge in [0.05, 0.1) is 25.3 Å². The van der Waals surface area contributed by atoms with E-state index in [1.807, 2.05) is 174 Å². The van der Waals surface area contributed by atoms with Crippen LogP contribution in [0.3, 0.4) is 0 Å². The molecule has 0 atom stereocenters. The Morgan fingerprint density at radius 1 is 0.415 bits per heavy atom. The van der Waals surface area contributed by atoms with Crippen molar-refractivity contribution in [2.45, 2.75) is 244 Å². The number of para-hydroxylation sites is 2. The van der Waals surface area contributed by atoms with Gasteiger partial charge in [-0.25, -0.2) is 4.85 Å². The third kappa shape index (κ3) is 35.0. The van der Waals surface area contributed by atoms with Crippen molar-refractivity contribution in [3.63, 3.8) is 0 Å². The van der Waals surface area contributed by atoms with E-state index in [9.17, 15) is 35.5 Å². The normalized spacial score (nSPS) is 11.5. The highest BCUT2D eigenvalue weighted by Crippen LogP contribution is 2.48. The highest BCUT2D eigenvalue weighted by Gasteiger charge is 2.36. The molecular formula is C107H134B2F6N2O4P2. The summed E-state index contributed by atoms with van der Waals surface area (Å²) < 4.78 is 108. The Morgan fingerprint density at radius 2 is 0.748 bits per heavy atom. The fraction of sp³-hybridized carbons (Fsp3) is 0.364. The van der Waals surface area contributed by atoms with Crippen molar-refractivity contribution in [1.29, 1.82) is 5.26 Å². The van der Waals surface area contributed by atoms with Gasteiger partial charge in [-0.15, -0.1) is 13.2 Å². The molecule has 0 spiro atoms. The minimum atomic E-state index is -4.62. The molecular weight excluding hydrogens is 1570 g/mol. The van der Waals surface area contributed by atoms with E-state index in [-0.39, 0.29) is 23.2 Å². The van der Waals surface area contributed by atoms with Gasteiger partial charge in [0.15, 0.2) is 5.69 Å². The predicted molar refractivity (Wildman–Crippen MR) is 519 cm³/mol. The SMILES string of the molecule is CC(C)B(c1ccccc1)c1ccccc1.CC(C)B1c2ccccc2Oc2ccccc21.CC(C)P(=O)(c1ccccc1)c1ccccc1.CC(C)P(C)(C)=O.CC(C)c1ccc(C(C)C)cc1.Cc1cc(C(C)C)cc(C)c1C(F)(F)F.Cc1cc(C)cc(C(C)C)c1.Cc1cc(OC(F)(F)F)cc(C(C)C)c1.[C-]#[N+]c1cc(C#N)cc(C(C)C)c1. The maximum absolute atomic E-state index is 13.3. The number of fused-ring (bicyclic) bond motifs is 2. The summed E-state index contributed by atoms with van der Waals surface area (Å²) in [5.74, 6) is 5.77. The Labute approximate surface area is 736 Å². The monoisotopic (exact) mass is 1710 g/mol. The van der Waals surface area contributed by atoms with Gasteiger partial charge >= 0.3 is 12.5 Å². The molecule has 0 saturated heterocycles. The third-order valence-corrected chi connectivity index (χ3v) is 27.2. The fourth-order valence-corrected chi connectivity index (χ4v) is 16.5. The van der Waals surface area contributed by atoms with Gasteiger partial charge in [0.2, 0.25) is 13.4 Å². The molecule has 11 aromatic carbocycles. The number of halogens is 6. The van der Waals surface area contributed by atoms with Gasteiger partial charge in [-0.1, -0.05) is 402 Å². The van der Waals surface area contributed by atoms with Crippen LogP contribution in [0.2, 0.25) is 11.6 Å². The largest absolute Gasteiger partial charge is 0.573 e. The molecule has 6 nitrogen and oxygen atoms in total. The first-order valence-corrected chi connectivity index (χ1v) is 47.4. The highest BCUT2D eigenvalue weighted by molar-refractivity contribution is 7.79. The summed E-state index contributed by atoms with van der Waals surface area (Å²) in [4.78, 5) is 3.32. The first kappa shape index (κ1) is 106. The number of nitriles is 1. The first-order chi connectivity index (χ1) is 57.5. The molecule has 654 valence electrons. The lowest BCUT2D eigenvalue weighted by Crippen LogP contribution is -2.48. The van der Waals surface area contributed by atoms with Gasteiger partial charge < -0.3 is 18.6 Å². The van der Waals surface area contributed by atoms with Crippen LogP contribution in [0.5, 0.6) is 17.2 Å². The second-order valence-corrected chi connectivity index (χ2v) is 42.4. The maximum atomic E-state index is 13.3. The molecule has 11 aromatic rings. The molecule has 0 fully saturated rings. The smallest absolute Gasteiger partial charge is 0.458 e. The molecule has 0 aliphatic carbocycles. The summed E-state index contributed by atoms with van der Waals surface area (Å²) in [6, 6.07) is 88.7. The summed E-state index contributed by atoms with van der Waals surface area (Å²) in [6.07, 6.45) is -8.87. The Kier molecular flexibility index (Phi) is 43.1. The zero-order valence-corrected chi connectivity index (χ0v) is 79.7. The lowest BCUT2D eigenvalue weighted by Gasteiger charge is -2.28. The number of rotatable bonds is 15. The molecule has 0 radical (unpaired) electrons. The average Bonchev–Trinajstić information content (AvgIpc) is 0.773. The Bertz CT molecular complexity index is 4950. The number of hydrogen-bond acceptors (Lipinski definition) is 5. The molecule has 0 amide bonds. The molecule has 0 N–H and O–H groups in total. The molecule has 12 rings (SSSR count). The zero-order chi connectivity index (χ0) is 92.4. The zero-order valence-electron chi connectivity index (χ0n) is 77.9. The summed E-state index contributed by atoms with van der Waals surface area (Å²) in [6.45, 7) is 62.9. The number of alkyl halides is 6. The topological polar surface area (TPSA) is 80.8 Å². The highest BCUT2D eigenvalue weighted by atomic mass is 31.2. The molecule has 1 aliphatic heterocycles. The molecule has 16 heteroatoms. The number of hydrogen-bond donors (Lipinski definition) is 0. The standard InChI is InChI=1S/C15H15BO.C15H17B.C15H17OP.C12H15F3.C12H18.C11H13F3O.C11H10N2.C11H16.C5H13OP/c1-11(2)16-12-7-3-5-9-14(12)17-15-10-6-4-8-13(15)16;1-13(2)16(14-9-5-3-6-10-14)15-11-7-4-8-12-15;1-13(2)17(16,14-9-5-3-6-10-14)15-11-7-4-8-12-15;1-7(2)10-5-8(3)11(9(4)6-10)12(13,14)15;1-9(2)11-5-7-12(8-6-11)10(3)4;1-7(2)9-4-8(3)5-10(6-9)15-11(12,13)14;1-8(2)10-4-9(7-12)5-11(6-10)13-3;1-8(2)11-6-9(3)5-10(4)7-11;1-5(2)7(3,4)6/h3-11H,1-2H3;3-13H,1-2H3;3-13H,1-2H3;5-7H,1-4H3;5-10H,1-4H3;4-7H,1-3H3;4-6,8H,1-2H3;5-8H,1-4H3;5H,1-4H3. The van der Waals surface area contributed by atoms with E-state index in [2.05, 4.69) is 238 Å². The van der Waals surface area contributed by atoms with Crippen molar-refractivity contribution in [1.82, 2.24) is 0 Å². The molecule has 0 aromatic heterocycles. The van der Waals surface area contributed by atoms with Crippen LogP contribution < -0.4 is 41.9 Å². The molecule has 0 bridgehead atoms. The number of aryl methyl sites for hydroxylation is 5. The van der Waals surface area contributed by atoms with E-state index >= 15 is 0 Å². The van der Waals surface area contributed by atoms with E-state index in [1.165, 1.54) is 75.6 Å². The first-order valence-electron chi connectivity index (χ1n) is 42.9. The molecule has 1 heterocycles. The molecule has 0 saturated carbocycles. The van der Waals surface area contributed by atoms with E-state index < -0.39 is 32.4 Å². The Morgan fingerprint density at radius 3 is 1.07 bits per heavy atom. The minimum absolute atomic E-state index is 0.118. The van der Waals surface area contributed by atoms with Crippen molar-refractivity contribution in [2.24, 2.45) is 0 Å². The molecule has 123 heavy (non-hydrogen) atoms. The van der Waals surface area contributed by atoms with Crippen molar-refractivity contribution >= 4 is 65.9 Å². The summed E-state index contributed by atoms with van der Waals surface area (Å²) in [5, 5.41) is 10.6. The average molecular weight is 1710 g/mol. The van der Waals surface area contributed by atoms with Gasteiger partial charge in [-0.3, -0.25) is 0 Å². The van der Waals surface area contributed by atoms with Crippen LogP contribution in [-0.2, 0) is 15.3 Å². The van der Waals surface area contributed by atoms with Crippen LogP contribution in [0.25, 0.3) is 4.85 Å². The van der Waals surface area contributed by atoms with Crippen LogP contribution in [0, 0.1) is 52.5 Å². The summed E-state index contributed by atoms with van der Waals surface area (Å²) in [7, 11) is -4.23. The fourth-order valence-electron chi connectivity index (χ4n) is 13.8. The van der Waals surface area contributed by atoms with Gasteiger partial charge in [-0.2, -0.15) is 18.4 Å². The van der Waals surface area contributed by atoms with Crippen molar-refractivity contribution in [3.05, 3.63) is 345 Å². The van der Waals surface area contributed by atoms with E-state index in [4.69, 9.17) is 16.6 Å². The third-order valence-electron chi connectivity index (χ3n) is 21.2. The number of nitrogens with zero attached hydrogens (tertiary/aromatic N) is 2. The van der Waals surface area contributed by atoms with E-state index in [0.717, 1.165) is 44.4 Å². The Balaban J connectivity index is 0.000000293. The van der Waals surface area contributed by atoms with E-state index in [1.54, 1.807) is 25.1 Å². The van der Waals surface area contributed by atoms with Crippen LogP contribution in [0.4, 0.5) is 32.0 Å². The van der Waals surface area contributed by atoms with Gasteiger partial charge in [0.25, 0.3) is 0 Å². The van der Waals surface area contributed by atoms with Crippen LogP contribution in [0.15, 0.2) is 261 Å². The lowest BCUT2D eigenvalue weighted by molar-refractivity contribution is -0.274. The Hall–Kier alpha value is -9.83. The minimum Gasteiger partial charge on any atom is -0.458 e. The van der Waals surface area contributed by atoms with Crippen molar-refractivity contribution in [2.75, 3.05) is 13.3 Å². The van der Waals surface area contributed by atoms with E-state index in [0.29, 0.717) is 76.8 Å². The van der Waals surface area contributed by atoms with Crippen molar-refractivity contribution < 1.29 is 44.9 Å². The van der Waals surface area contributed by atoms with Crippen LogP contribution >= 0.6 is 14.3 Å². The van der Waals surface area contributed by atoms with Crippen molar-refractivity contribution in [3.8, 4) is 23.3 Å². The van der Waals surface area contributed by atoms with Gasteiger partial charge in [0.1, 0.15) is 24.4 Å². The van der Waals surface area contributed by atoms with Crippen LogP contribution in [0.1, 0.15) is 246 Å². The molecule has 0 unspecified atom stereocenters. The summed E-state index contributed by atoms with van der Waals surface area (Å²) in [5.41, 5.74) is 17.8. The maximum Gasteiger partial charge on any atom is 0.573 e. The molecule has 1 aliphatic rings. The summed E-state index contributed by atoms with van der Waals surface area (Å²) >= 11 is 0. The lowest BCUT2D eigenvalue weighted by atomic mass is 9.33. The quantitative estimate of drug-likeness (QED) is 0.0442. The number of ether oxygens (including phenoxy) is 2. The second-order valence-electron chi connectivity index (χ2n) is 35.1.